The zero-order valence-electron chi connectivity index (χ0n) is 11.5. The Hall–Kier alpha value is -2.78. The minimum Gasteiger partial charge on any atom is -0.332 e. The Bertz CT molecular complexity index is 721. The van der Waals surface area contributed by atoms with Crippen LogP contribution in [0.3, 0.4) is 0 Å². The summed E-state index contributed by atoms with van der Waals surface area (Å²) >= 11 is 5.05. The molecule has 0 saturated carbocycles. The maximum Gasteiger partial charge on any atom is 0.257 e. The van der Waals surface area contributed by atoms with Gasteiger partial charge in [0.2, 0.25) is 0 Å². The van der Waals surface area contributed by atoms with Crippen molar-refractivity contribution in [1.82, 2.24) is 5.32 Å². The van der Waals surface area contributed by atoms with Crippen LogP contribution in [0.4, 0.5) is 10.1 Å². The molecule has 0 spiro atoms. The molecule has 0 aromatic heterocycles. The van der Waals surface area contributed by atoms with E-state index in [0.717, 1.165) is 5.56 Å². The molecule has 0 heterocycles. The first-order valence-corrected chi connectivity index (χ1v) is 6.83. The Balaban J connectivity index is 1.93. The summed E-state index contributed by atoms with van der Waals surface area (Å²) in [6.07, 6.45) is 0.339. The van der Waals surface area contributed by atoms with Crippen LogP contribution in [-0.4, -0.2) is 11.0 Å². The molecular weight excluding hydrogens is 301 g/mol. The van der Waals surface area contributed by atoms with E-state index in [9.17, 15) is 9.18 Å². The van der Waals surface area contributed by atoms with E-state index in [4.69, 9.17) is 17.5 Å². The first-order chi connectivity index (χ1) is 10.6. The van der Waals surface area contributed by atoms with Crippen LogP contribution >= 0.6 is 12.2 Å². The van der Waals surface area contributed by atoms with Crippen molar-refractivity contribution in [3.8, 4) is 6.07 Å². The second-order valence-electron chi connectivity index (χ2n) is 4.45. The minimum atomic E-state index is -0.418. The number of anilines is 1. The Kier molecular flexibility index (Phi) is 5.17. The molecule has 0 aliphatic heterocycles. The number of thiocarbonyl (C=S) groups is 1. The molecule has 0 unspecified atom stereocenters. The summed E-state index contributed by atoms with van der Waals surface area (Å²) in [4.78, 5) is 11.9. The van der Waals surface area contributed by atoms with Crippen molar-refractivity contribution in [2.24, 2.45) is 0 Å². The van der Waals surface area contributed by atoms with Crippen LogP contribution in [0.5, 0.6) is 0 Å². The van der Waals surface area contributed by atoms with E-state index in [0.29, 0.717) is 17.7 Å². The number of amides is 1. The number of hydrogen-bond acceptors (Lipinski definition) is 3. The minimum absolute atomic E-state index is 0.141. The number of carbonyl (C=O) groups is 1. The number of hydrogen-bond donors (Lipinski definition) is 2. The van der Waals surface area contributed by atoms with Crippen LogP contribution in [0.15, 0.2) is 48.5 Å². The topological polar surface area (TPSA) is 64.9 Å². The molecule has 22 heavy (non-hydrogen) atoms. The molecule has 0 aliphatic carbocycles. The van der Waals surface area contributed by atoms with Crippen LogP contribution in [0.25, 0.3) is 0 Å². The van der Waals surface area contributed by atoms with Gasteiger partial charge in [-0.3, -0.25) is 10.1 Å². The van der Waals surface area contributed by atoms with Crippen LogP contribution in [0.2, 0.25) is 0 Å². The van der Waals surface area contributed by atoms with Gasteiger partial charge in [-0.2, -0.15) is 5.26 Å². The van der Waals surface area contributed by atoms with Crippen molar-refractivity contribution >= 4 is 28.9 Å². The van der Waals surface area contributed by atoms with E-state index >= 15 is 0 Å². The molecule has 2 aromatic rings. The predicted molar refractivity (Wildman–Crippen MR) is 85.8 cm³/mol. The van der Waals surface area contributed by atoms with Crippen LogP contribution in [-0.2, 0) is 6.42 Å². The van der Waals surface area contributed by atoms with Crippen molar-refractivity contribution in [2.45, 2.75) is 6.42 Å². The van der Waals surface area contributed by atoms with Gasteiger partial charge in [0.15, 0.2) is 5.11 Å². The number of nitrogens with one attached hydrogen (secondary N) is 2. The average molecular weight is 313 g/mol. The molecule has 2 rings (SSSR count). The van der Waals surface area contributed by atoms with E-state index in [1.54, 1.807) is 24.3 Å². The predicted octanol–water partition coefficient (Wildman–Crippen LogP) is 3.02. The van der Waals surface area contributed by atoms with Gasteiger partial charge < -0.3 is 5.32 Å². The van der Waals surface area contributed by atoms with Crippen molar-refractivity contribution in [3.63, 3.8) is 0 Å². The Labute approximate surface area is 132 Å². The number of benzene rings is 2. The monoisotopic (exact) mass is 313 g/mol. The van der Waals surface area contributed by atoms with Gasteiger partial charge in [-0.1, -0.05) is 12.1 Å². The fraction of sp³-hybridized carbons (Fsp3) is 0.0625. The second-order valence-corrected chi connectivity index (χ2v) is 4.86. The Morgan fingerprint density at radius 2 is 1.77 bits per heavy atom. The molecule has 2 aromatic carbocycles. The quantitative estimate of drug-likeness (QED) is 0.855. The lowest BCUT2D eigenvalue weighted by atomic mass is 10.1. The highest BCUT2D eigenvalue weighted by Gasteiger charge is 2.08. The van der Waals surface area contributed by atoms with Gasteiger partial charge in [0.05, 0.1) is 12.5 Å². The lowest BCUT2D eigenvalue weighted by molar-refractivity contribution is 0.0977. The SMILES string of the molecule is N#CCc1ccc(NC(=S)NC(=O)c2ccc(F)cc2)cc1. The first-order valence-electron chi connectivity index (χ1n) is 6.42. The highest BCUT2D eigenvalue weighted by Crippen LogP contribution is 2.10. The van der Waals surface area contributed by atoms with E-state index in [1.807, 2.05) is 0 Å². The van der Waals surface area contributed by atoms with E-state index < -0.39 is 11.7 Å². The Morgan fingerprint density at radius 1 is 1.14 bits per heavy atom. The summed E-state index contributed by atoms with van der Waals surface area (Å²) in [5, 5.41) is 14.1. The number of nitriles is 1. The lowest BCUT2D eigenvalue weighted by Gasteiger charge is -2.10. The third kappa shape index (κ3) is 4.36. The lowest BCUT2D eigenvalue weighted by Crippen LogP contribution is -2.34. The maximum atomic E-state index is 12.8. The zero-order valence-corrected chi connectivity index (χ0v) is 12.3. The molecule has 1 amide bonds. The summed E-state index contributed by atoms with van der Waals surface area (Å²) in [7, 11) is 0. The smallest absolute Gasteiger partial charge is 0.257 e. The van der Waals surface area contributed by atoms with Gasteiger partial charge in [0.25, 0.3) is 5.91 Å². The standard InChI is InChI=1S/C16H12FN3OS/c17-13-5-3-12(4-6-13)15(21)20-16(22)19-14-7-1-11(2-8-14)9-10-18/h1-8H,9H2,(H2,19,20,21,22). The summed E-state index contributed by atoms with van der Waals surface area (Å²) < 4.78 is 12.8. The summed E-state index contributed by atoms with van der Waals surface area (Å²) in [6.45, 7) is 0. The number of carbonyl (C=O) groups excluding carboxylic acids is 1. The summed E-state index contributed by atoms with van der Waals surface area (Å²) in [6, 6.07) is 14.4. The Morgan fingerprint density at radius 3 is 2.36 bits per heavy atom. The number of nitrogens with zero attached hydrogens (tertiary/aromatic N) is 1. The van der Waals surface area contributed by atoms with Gasteiger partial charge in [0, 0.05) is 11.3 Å². The van der Waals surface area contributed by atoms with Crippen molar-refractivity contribution in [2.75, 3.05) is 5.32 Å². The molecule has 0 saturated heterocycles. The molecule has 4 nitrogen and oxygen atoms in total. The van der Waals surface area contributed by atoms with Gasteiger partial charge in [0.1, 0.15) is 5.82 Å². The molecular formula is C16H12FN3OS. The van der Waals surface area contributed by atoms with E-state index in [1.165, 1.54) is 24.3 Å². The summed E-state index contributed by atoms with van der Waals surface area (Å²) in [5.74, 6) is -0.826. The van der Waals surface area contributed by atoms with Gasteiger partial charge in [-0.05, 0) is 54.2 Å². The average Bonchev–Trinajstić information content (AvgIpc) is 2.50. The van der Waals surface area contributed by atoms with Crippen molar-refractivity contribution in [1.29, 1.82) is 5.26 Å². The normalized spacial score (nSPS) is 9.64. The van der Waals surface area contributed by atoms with E-state index in [2.05, 4.69) is 16.7 Å². The largest absolute Gasteiger partial charge is 0.332 e. The third-order valence-electron chi connectivity index (χ3n) is 2.83. The van der Waals surface area contributed by atoms with E-state index in [-0.39, 0.29) is 5.11 Å². The second kappa shape index (κ2) is 7.29. The summed E-state index contributed by atoms with van der Waals surface area (Å²) in [5.41, 5.74) is 1.91. The number of rotatable bonds is 3. The fourth-order valence-electron chi connectivity index (χ4n) is 1.74. The molecule has 2 N–H and O–H groups in total. The molecule has 0 atom stereocenters. The highest BCUT2D eigenvalue weighted by molar-refractivity contribution is 7.80. The van der Waals surface area contributed by atoms with Gasteiger partial charge >= 0.3 is 0 Å². The number of halogens is 1. The highest BCUT2D eigenvalue weighted by atomic mass is 32.1. The van der Waals surface area contributed by atoms with Crippen molar-refractivity contribution < 1.29 is 9.18 Å². The molecule has 0 fully saturated rings. The molecule has 6 heteroatoms. The van der Waals surface area contributed by atoms with Crippen LogP contribution in [0.1, 0.15) is 15.9 Å². The van der Waals surface area contributed by atoms with Gasteiger partial charge in [-0.15, -0.1) is 0 Å². The molecule has 0 aliphatic rings. The van der Waals surface area contributed by atoms with Crippen LogP contribution < -0.4 is 10.6 Å². The maximum absolute atomic E-state index is 12.8. The fourth-order valence-corrected chi connectivity index (χ4v) is 1.95. The molecule has 0 radical (unpaired) electrons. The first kappa shape index (κ1) is 15.6. The molecule has 110 valence electrons. The zero-order chi connectivity index (χ0) is 15.9. The van der Waals surface area contributed by atoms with Gasteiger partial charge in [-0.25, -0.2) is 4.39 Å². The van der Waals surface area contributed by atoms with Crippen LogP contribution in [0, 0.1) is 17.1 Å². The van der Waals surface area contributed by atoms with Crippen molar-refractivity contribution in [3.05, 3.63) is 65.5 Å². The third-order valence-corrected chi connectivity index (χ3v) is 3.03. The molecule has 0 bridgehead atoms.